The van der Waals surface area contributed by atoms with Crippen molar-refractivity contribution in [2.24, 2.45) is 0 Å². The summed E-state index contributed by atoms with van der Waals surface area (Å²) < 4.78 is 30.3. The van der Waals surface area contributed by atoms with Gasteiger partial charge in [0.1, 0.15) is 12.2 Å². The molecule has 2 aliphatic heterocycles. The standard InChI is InChI=1S/C19H26O5S/c1-5-15-18(24-19(3,4)23-15)16-10-14(20)17(22-16)11-25(21)13-8-6-12(2)7-9-13/h5-9,14-18,20H,1,10-11H2,2-4H3/t14-,15-,16-,17-,18-,25?/m0/s1. The lowest BCUT2D eigenvalue weighted by molar-refractivity contribution is -0.156. The highest BCUT2D eigenvalue weighted by Gasteiger charge is 2.49. The van der Waals surface area contributed by atoms with Gasteiger partial charge in [0.2, 0.25) is 0 Å². The van der Waals surface area contributed by atoms with Crippen molar-refractivity contribution in [3.63, 3.8) is 0 Å². The lowest BCUT2D eigenvalue weighted by atomic mass is 10.0. The van der Waals surface area contributed by atoms with Crippen LogP contribution >= 0.6 is 0 Å². The third kappa shape index (κ3) is 4.20. The summed E-state index contributed by atoms with van der Waals surface area (Å²) in [4.78, 5) is 0.746. The summed E-state index contributed by atoms with van der Waals surface area (Å²) in [6.07, 6.45) is 0.0762. The molecule has 0 saturated carbocycles. The molecule has 2 fully saturated rings. The fraction of sp³-hybridized carbons (Fsp3) is 0.579. The first-order valence-electron chi connectivity index (χ1n) is 8.56. The number of benzene rings is 1. The van der Waals surface area contributed by atoms with Crippen LogP contribution in [0.25, 0.3) is 0 Å². The molecule has 2 heterocycles. The summed E-state index contributed by atoms with van der Waals surface area (Å²) in [5.41, 5.74) is 1.12. The predicted molar refractivity (Wildman–Crippen MR) is 95.8 cm³/mol. The first-order chi connectivity index (χ1) is 11.8. The topological polar surface area (TPSA) is 65.0 Å². The van der Waals surface area contributed by atoms with E-state index < -0.39 is 28.8 Å². The van der Waals surface area contributed by atoms with E-state index in [9.17, 15) is 9.32 Å². The maximum atomic E-state index is 12.6. The van der Waals surface area contributed by atoms with Gasteiger partial charge in [0.05, 0.1) is 34.9 Å². The molecule has 0 amide bonds. The molecule has 1 unspecified atom stereocenters. The third-order valence-electron chi connectivity index (χ3n) is 4.61. The van der Waals surface area contributed by atoms with Crippen molar-refractivity contribution in [3.8, 4) is 0 Å². The van der Waals surface area contributed by atoms with Crippen molar-refractivity contribution in [2.75, 3.05) is 5.75 Å². The average Bonchev–Trinajstić information content (AvgIpc) is 3.07. The second-order valence-corrected chi connectivity index (χ2v) is 8.64. The molecule has 25 heavy (non-hydrogen) atoms. The van der Waals surface area contributed by atoms with Gasteiger partial charge in [0, 0.05) is 11.3 Å². The minimum atomic E-state index is -1.22. The number of aliphatic hydroxyl groups is 1. The number of hydrogen-bond donors (Lipinski definition) is 1. The van der Waals surface area contributed by atoms with Gasteiger partial charge in [0.25, 0.3) is 0 Å². The quantitative estimate of drug-likeness (QED) is 0.811. The highest BCUT2D eigenvalue weighted by Crippen LogP contribution is 2.36. The number of ether oxygens (including phenoxy) is 3. The molecule has 5 nitrogen and oxygen atoms in total. The van der Waals surface area contributed by atoms with Gasteiger partial charge in [-0.2, -0.15) is 0 Å². The monoisotopic (exact) mass is 366 g/mol. The number of aliphatic hydroxyl groups excluding tert-OH is 1. The third-order valence-corrected chi connectivity index (χ3v) is 6.04. The van der Waals surface area contributed by atoms with Crippen LogP contribution in [0.1, 0.15) is 25.8 Å². The molecule has 3 rings (SSSR count). The Morgan fingerprint density at radius 1 is 1.32 bits per heavy atom. The van der Waals surface area contributed by atoms with Crippen LogP contribution in [0, 0.1) is 6.92 Å². The SMILES string of the molecule is C=C[C@@H]1OC(C)(C)O[C@@H]1[C@@H]1C[C@H](O)[C@H](CS(=O)c2ccc(C)cc2)O1. The molecule has 0 radical (unpaired) electrons. The molecule has 2 saturated heterocycles. The van der Waals surface area contributed by atoms with Gasteiger partial charge in [0.15, 0.2) is 5.79 Å². The zero-order valence-electron chi connectivity index (χ0n) is 14.9. The van der Waals surface area contributed by atoms with E-state index in [2.05, 4.69) is 6.58 Å². The summed E-state index contributed by atoms with van der Waals surface area (Å²) in [7, 11) is -1.22. The predicted octanol–water partition coefficient (Wildman–Crippen LogP) is 2.33. The van der Waals surface area contributed by atoms with E-state index >= 15 is 0 Å². The number of hydrogen-bond acceptors (Lipinski definition) is 5. The molecule has 0 aromatic heterocycles. The lowest BCUT2D eigenvalue weighted by Crippen LogP contribution is -2.35. The molecule has 1 aromatic carbocycles. The first kappa shape index (κ1) is 18.7. The molecule has 1 N–H and O–H groups in total. The molecule has 2 aliphatic rings. The maximum absolute atomic E-state index is 12.6. The zero-order chi connectivity index (χ0) is 18.2. The fourth-order valence-corrected chi connectivity index (χ4v) is 4.58. The largest absolute Gasteiger partial charge is 0.390 e. The zero-order valence-corrected chi connectivity index (χ0v) is 15.7. The van der Waals surface area contributed by atoms with E-state index in [0.717, 1.165) is 10.5 Å². The van der Waals surface area contributed by atoms with Crippen LogP contribution < -0.4 is 0 Å². The Morgan fingerprint density at radius 2 is 2.00 bits per heavy atom. The highest BCUT2D eigenvalue weighted by molar-refractivity contribution is 7.85. The Bertz CT molecular complexity index is 642. The molecule has 0 bridgehead atoms. The van der Waals surface area contributed by atoms with Crippen molar-refractivity contribution in [1.29, 1.82) is 0 Å². The smallest absolute Gasteiger partial charge is 0.164 e. The molecule has 6 atom stereocenters. The summed E-state index contributed by atoms with van der Waals surface area (Å²) in [5.74, 6) is -0.447. The van der Waals surface area contributed by atoms with Gasteiger partial charge in [-0.1, -0.05) is 23.8 Å². The molecule has 138 valence electrons. The van der Waals surface area contributed by atoms with Gasteiger partial charge >= 0.3 is 0 Å². The van der Waals surface area contributed by atoms with Crippen molar-refractivity contribution in [1.82, 2.24) is 0 Å². The van der Waals surface area contributed by atoms with Crippen molar-refractivity contribution in [3.05, 3.63) is 42.5 Å². The van der Waals surface area contributed by atoms with Crippen LogP contribution in [0.4, 0.5) is 0 Å². The van der Waals surface area contributed by atoms with Crippen molar-refractivity contribution >= 4 is 10.8 Å². The Kier molecular flexibility index (Phi) is 5.46. The summed E-state index contributed by atoms with van der Waals surface area (Å²) in [6.45, 7) is 9.47. The van der Waals surface area contributed by atoms with E-state index in [-0.39, 0.29) is 24.1 Å². The fourth-order valence-electron chi connectivity index (χ4n) is 3.34. The summed E-state index contributed by atoms with van der Waals surface area (Å²) >= 11 is 0. The van der Waals surface area contributed by atoms with Gasteiger partial charge in [-0.05, 0) is 32.9 Å². The Balaban J connectivity index is 1.64. The van der Waals surface area contributed by atoms with Crippen LogP contribution in [0.15, 0.2) is 41.8 Å². The summed E-state index contributed by atoms with van der Waals surface area (Å²) in [5, 5.41) is 10.4. The van der Waals surface area contributed by atoms with Crippen LogP contribution in [0.2, 0.25) is 0 Å². The van der Waals surface area contributed by atoms with Gasteiger partial charge in [-0.3, -0.25) is 4.21 Å². The van der Waals surface area contributed by atoms with E-state index in [1.807, 2.05) is 45.0 Å². The van der Waals surface area contributed by atoms with E-state index in [1.54, 1.807) is 6.08 Å². The Hall–Kier alpha value is -1.05. The minimum Gasteiger partial charge on any atom is -0.390 e. The normalized spacial score (nSPS) is 35.6. The second-order valence-electron chi connectivity index (χ2n) is 7.14. The van der Waals surface area contributed by atoms with Gasteiger partial charge in [-0.15, -0.1) is 6.58 Å². The Morgan fingerprint density at radius 3 is 2.64 bits per heavy atom. The molecule has 6 heteroatoms. The van der Waals surface area contributed by atoms with Gasteiger partial charge in [-0.25, -0.2) is 0 Å². The van der Waals surface area contributed by atoms with Crippen molar-refractivity contribution < 1.29 is 23.5 Å². The first-order valence-corrected chi connectivity index (χ1v) is 9.88. The molecule has 0 spiro atoms. The van der Waals surface area contributed by atoms with Crippen LogP contribution in [0.3, 0.4) is 0 Å². The number of rotatable bonds is 5. The molecule has 0 aliphatic carbocycles. The van der Waals surface area contributed by atoms with E-state index in [0.29, 0.717) is 6.42 Å². The Labute approximate surface area is 151 Å². The van der Waals surface area contributed by atoms with E-state index in [4.69, 9.17) is 14.2 Å². The number of aryl methyl sites for hydroxylation is 1. The second kappa shape index (κ2) is 7.29. The van der Waals surface area contributed by atoms with Crippen LogP contribution in [-0.2, 0) is 25.0 Å². The molecular formula is C19H26O5S. The van der Waals surface area contributed by atoms with Crippen LogP contribution in [-0.4, -0.2) is 51.4 Å². The van der Waals surface area contributed by atoms with E-state index in [1.165, 1.54) is 0 Å². The highest BCUT2D eigenvalue weighted by atomic mass is 32.2. The molecule has 1 aromatic rings. The van der Waals surface area contributed by atoms with Gasteiger partial charge < -0.3 is 19.3 Å². The maximum Gasteiger partial charge on any atom is 0.164 e. The minimum absolute atomic E-state index is 0.260. The van der Waals surface area contributed by atoms with Crippen molar-refractivity contribution in [2.45, 2.75) is 68.4 Å². The lowest BCUT2D eigenvalue weighted by Gasteiger charge is -2.22. The summed E-state index contributed by atoms with van der Waals surface area (Å²) in [6, 6.07) is 7.58. The molecular weight excluding hydrogens is 340 g/mol. The average molecular weight is 366 g/mol. The van der Waals surface area contributed by atoms with Crippen LogP contribution in [0.5, 0.6) is 0 Å².